The van der Waals surface area contributed by atoms with Crippen LogP contribution in [0.2, 0.25) is 0 Å². The van der Waals surface area contributed by atoms with Crippen LogP contribution in [-0.2, 0) is 0 Å². The molecule has 0 spiro atoms. The molecule has 0 amide bonds. The van der Waals surface area contributed by atoms with Crippen molar-refractivity contribution in [1.82, 2.24) is 5.32 Å². The first-order valence-corrected chi connectivity index (χ1v) is 7.23. The zero-order valence-corrected chi connectivity index (χ0v) is 12.1. The third-order valence-corrected chi connectivity index (χ3v) is 3.69. The lowest BCUT2D eigenvalue weighted by molar-refractivity contribution is -0.577. The molecule has 2 heterocycles. The smallest absolute Gasteiger partial charge is 0.238 e. The number of nitrogens with one attached hydrogen (secondary N) is 1. The first kappa shape index (κ1) is 13.7. The molecule has 0 aliphatic rings. The van der Waals surface area contributed by atoms with E-state index in [1.165, 1.54) is 11.3 Å². The van der Waals surface area contributed by atoms with Crippen molar-refractivity contribution >= 4 is 40.0 Å². The number of hydrogen-bond acceptors (Lipinski definition) is 3. The molecule has 0 bridgehead atoms. The van der Waals surface area contributed by atoms with Gasteiger partial charge >= 0.3 is 0 Å². The highest BCUT2D eigenvalue weighted by Crippen LogP contribution is 2.19. The fourth-order valence-electron chi connectivity index (χ4n) is 1.65. The highest BCUT2D eigenvalue weighted by molar-refractivity contribution is 7.81. The van der Waals surface area contributed by atoms with Crippen molar-refractivity contribution in [3.05, 3.63) is 53.0 Å². The summed E-state index contributed by atoms with van der Waals surface area (Å²) in [6.07, 6.45) is 3.65. The number of thiocarbonyl (C=S) groups is 1. The minimum atomic E-state index is -0.0582. The predicted octanol–water partition coefficient (Wildman–Crippen LogP) is 1.66. The molecule has 0 aromatic carbocycles. The minimum absolute atomic E-state index is 0.0582. The van der Waals surface area contributed by atoms with Crippen molar-refractivity contribution < 1.29 is 9.67 Å². The molecule has 0 saturated carbocycles. The molecular weight excluding hydrogens is 276 g/mol. The zero-order valence-electron chi connectivity index (χ0n) is 10.5. The molecule has 1 N–H and O–H groups in total. The van der Waals surface area contributed by atoms with Crippen molar-refractivity contribution in [3.8, 4) is 0 Å². The van der Waals surface area contributed by atoms with Crippen LogP contribution < -0.4 is 15.0 Å². The number of thiophene rings is 1. The molecule has 5 heteroatoms. The van der Waals surface area contributed by atoms with Crippen LogP contribution in [0.3, 0.4) is 0 Å². The van der Waals surface area contributed by atoms with E-state index in [4.69, 9.17) is 12.2 Å². The second-order valence-corrected chi connectivity index (χ2v) is 5.15. The lowest BCUT2D eigenvalue weighted by Crippen LogP contribution is -2.42. The summed E-state index contributed by atoms with van der Waals surface area (Å²) in [5, 5.41) is 17.5. The number of pyridine rings is 1. The molecule has 3 nitrogen and oxygen atoms in total. The molecule has 19 heavy (non-hydrogen) atoms. The molecule has 2 aromatic rings. The maximum atomic E-state index is 12.5. The van der Waals surface area contributed by atoms with E-state index in [0.717, 1.165) is 0 Å². The summed E-state index contributed by atoms with van der Waals surface area (Å²) in [7, 11) is 0. The van der Waals surface area contributed by atoms with Gasteiger partial charge in [0.1, 0.15) is 0 Å². The second-order valence-electron chi connectivity index (χ2n) is 3.80. The molecule has 0 aliphatic carbocycles. The summed E-state index contributed by atoms with van der Waals surface area (Å²) >= 11 is 6.74. The van der Waals surface area contributed by atoms with E-state index in [-0.39, 0.29) is 5.76 Å². The Labute approximate surface area is 121 Å². The minimum Gasteiger partial charge on any atom is -0.867 e. The molecule has 0 fully saturated rings. The van der Waals surface area contributed by atoms with Gasteiger partial charge in [-0.25, -0.2) is 0 Å². The van der Waals surface area contributed by atoms with Crippen LogP contribution in [0.1, 0.15) is 11.8 Å². The van der Waals surface area contributed by atoms with Crippen molar-refractivity contribution in [2.45, 2.75) is 6.92 Å². The molecule has 0 atom stereocenters. The fraction of sp³-hybridized carbons (Fsp3) is 0.143. The van der Waals surface area contributed by atoms with Gasteiger partial charge in [0, 0.05) is 23.6 Å². The van der Waals surface area contributed by atoms with Crippen LogP contribution in [0.5, 0.6) is 0 Å². The Morgan fingerprint density at radius 2 is 2.05 bits per heavy atom. The number of aromatic nitrogens is 1. The highest BCUT2D eigenvalue weighted by atomic mass is 32.1. The third kappa shape index (κ3) is 3.19. The van der Waals surface area contributed by atoms with Gasteiger partial charge in [-0.3, -0.25) is 0 Å². The molecule has 0 aliphatic heterocycles. The van der Waals surface area contributed by atoms with Crippen molar-refractivity contribution in [2.75, 3.05) is 6.54 Å². The van der Waals surface area contributed by atoms with Gasteiger partial charge in [0.05, 0.1) is 0 Å². The first-order chi connectivity index (χ1) is 9.24. The molecule has 2 rings (SSSR count). The van der Waals surface area contributed by atoms with Gasteiger partial charge in [-0.2, -0.15) is 4.57 Å². The highest BCUT2D eigenvalue weighted by Gasteiger charge is 2.17. The first-order valence-electron chi connectivity index (χ1n) is 5.94. The zero-order chi connectivity index (χ0) is 13.7. The lowest BCUT2D eigenvalue weighted by Gasteiger charge is -2.14. The van der Waals surface area contributed by atoms with Crippen LogP contribution >= 0.6 is 23.6 Å². The summed E-state index contributed by atoms with van der Waals surface area (Å²) in [6.45, 7) is 2.64. The van der Waals surface area contributed by atoms with Gasteiger partial charge in [-0.1, -0.05) is 24.4 Å². The van der Waals surface area contributed by atoms with E-state index >= 15 is 0 Å². The number of rotatable bonds is 4. The quantitative estimate of drug-likeness (QED) is 0.403. The van der Waals surface area contributed by atoms with Crippen LogP contribution in [0, 0.1) is 0 Å². The summed E-state index contributed by atoms with van der Waals surface area (Å²) < 4.78 is 1.76. The van der Waals surface area contributed by atoms with E-state index in [9.17, 15) is 5.11 Å². The molecule has 0 unspecified atom stereocenters. The van der Waals surface area contributed by atoms with Gasteiger partial charge in [0.15, 0.2) is 17.4 Å². The largest absolute Gasteiger partial charge is 0.867 e. The summed E-state index contributed by atoms with van der Waals surface area (Å²) in [6, 6.07) is 9.32. The maximum absolute atomic E-state index is 12.5. The maximum Gasteiger partial charge on any atom is 0.238 e. The van der Waals surface area contributed by atoms with Crippen molar-refractivity contribution in [1.29, 1.82) is 0 Å². The SMILES string of the molecule is CCNC(=S)C(=C([O-])c1cccs1)[n+]1ccccc1. The van der Waals surface area contributed by atoms with E-state index in [1.807, 2.05) is 55.0 Å². The van der Waals surface area contributed by atoms with E-state index in [2.05, 4.69) is 5.32 Å². The normalized spacial score (nSPS) is 11.8. The monoisotopic (exact) mass is 290 g/mol. The van der Waals surface area contributed by atoms with Crippen molar-refractivity contribution in [2.24, 2.45) is 0 Å². The Morgan fingerprint density at radius 1 is 1.32 bits per heavy atom. The van der Waals surface area contributed by atoms with Crippen LogP contribution in [0.15, 0.2) is 48.1 Å². The average molecular weight is 290 g/mol. The predicted molar refractivity (Wildman–Crippen MR) is 80.3 cm³/mol. The van der Waals surface area contributed by atoms with E-state index < -0.39 is 0 Å². The molecule has 98 valence electrons. The van der Waals surface area contributed by atoms with Crippen LogP contribution in [0.4, 0.5) is 0 Å². The lowest BCUT2D eigenvalue weighted by atomic mass is 10.3. The molecule has 0 radical (unpaired) electrons. The second kappa shape index (κ2) is 6.45. The van der Waals surface area contributed by atoms with Crippen LogP contribution in [-0.4, -0.2) is 11.5 Å². The summed E-state index contributed by atoms with van der Waals surface area (Å²) in [5.41, 5.74) is 0.486. The molecule has 2 aromatic heterocycles. The Hall–Kier alpha value is -1.72. The van der Waals surface area contributed by atoms with Gasteiger partial charge in [0.25, 0.3) is 0 Å². The van der Waals surface area contributed by atoms with E-state index in [0.29, 0.717) is 22.1 Å². The number of likely N-dealkylation sites (N-methyl/N-ethyl adjacent to an activating group) is 1. The Morgan fingerprint density at radius 3 is 2.63 bits per heavy atom. The number of hydrogen-bond donors (Lipinski definition) is 1. The molecular formula is C14H14N2OS2. The van der Waals surface area contributed by atoms with Gasteiger partial charge < -0.3 is 10.4 Å². The summed E-state index contributed by atoms with van der Waals surface area (Å²) in [4.78, 5) is 1.16. The number of nitrogens with zero attached hydrogens (tertiary/aromatic N) is 1. The Kier molecular flexibility index (Phi) is 4.65. The molecule has 0 saturated heterocycles. The Balaban J connectivity index is 2.52. The standard InChI is InChI=1S/C14H14N2OS2/c1-2-15-14(18)12(16-8-4-3-5-9-16)13(17)11-7-6-10-19-11/h3-10H,2H2,1H3,(H-,15,17,18). The van der Waals surface area contributed by atoms with Gasteiger partial charge in [-0.05, 0) is 24.1 Å². The van der Waals surface area contributed by atoms with Crippen molar-refractivity contribution in [3.63, 3.8) is 0 Å². The average Bonchev–Trinajstić information content (AvgIpc) is 2.94. The topological polar surface area (TPSA) is 39.0 Å². The third-order valence-electron chi connectivity index (χ3n) is 2.49. The van der Waals surface area contributed by atoms with Gasteiger partial charge in [-0.15, -0.1) is 11.3 Å². The van der Waals surface area contributed by atoms with Gasteiger partial charge in [0.2, 0.25) is 5.70 Å². The summed E-state index contributed by atoms with van der Waals surface area (Å²) in [5.74, 6) is -0.0582. The fourth-order valence-corrected chi connectivity index (χ4v) is 2.66. The van der Waals surface area contributed by atoms with E-state index in [1.54, 1.807) is 4.57 Å². The Bertz CT molecular complexity index is 577. The van der Waals surface area contributed by atoms with Crippen LogP contribution in [0.25, 0.3) is 11.5 Å².